The maximum Gasteiger partial charge on any atom is 0.244 e. The lowest BCUT2D eigenvalue weighted by atomic mass is 10.1. The van der Waals surface area contributed by atoms with Gasteiger partial charge in [-0.3, -0.25) is 13.9 Å². The molecule has 1 atom stereocenters. The van der Waals surface area contributed by atoms with E-state index >= 15 is 0 Å². The molecule has 0 bridgehead atoms. The summed E-state index contributed by atoms with van der Waals surface area (Å²) >= 11 is 0. The molecular weight excluding hydrogens is 445 g/mol. The second-order valence-corrected chi connectivity index (χ2v) is 10.3. The van der Waals surface area contributed by atoms with Crippen LogP contribution < -0.4 is 9.62 Å². The van der Waals surface area contributed by atoms with Gasteiger partial charge in [-0.25, -0.2) is 12.8 Å². The van der Waals surface area contributed by atoms with Crippen molar-refractivity contribution >= 4 is 27.5 Å². The average molecular weight is 478 g/mol. The third-order valence-electron chi connectivity index (χ3n) is 5.05. The molecule has 0 aliphatic carbocycles. The van der Waals surface area contributed by atoms with Gasteiger partial charge in [0.2, 0.25) is 21.8 Å². The predicted molar refractivity (Wildman–Crippen MR) is 128 cm³/mol. The lowest BCUT2D eigenvalue weighted by Crippen LogP contribution is -2.53. The number of anilines is 1. The number of benzene rings is 2. The standard InChI is InChI=1S/C24H32FN3O4S/c1-6-22(24(30)26-17(2)3)27(15-19-10-12-20(25)13-11-19)23(29)16-28(33(5,31)32)21-9-7-8-18(4)14-21/h7-14,17,22H,6,15-16H2,1-5H3,(H,26,30)/t22-/m0/s1. The summed E-state index contributed by atoms with van der Waals surface area (Å²) in [4.78, 5) is 27.7. The smallest absolute Gasteiger partial charge is 0.244 e. The van der Waals surface area contributed by atoms with Crippen LogP contribution in [0.2, 0.25) is 0 Å². The molecule has 0 aromatic heterocycles. The third kappa shape index (κ3) is 7.56. The normalized spacial score (nSPS) is 12.3. The first-order valence-corrected chi connectivity index (χ1v) is 12.7. The molecular formula is C24H32FN3O4S. The first-order valence-electron chi connectivity index (χ1n) is 10.8. The van der Waals surface area contributed by atoms with Crippen molar-refractivity contribution in [1.29, 1.82) is 0 Å². The zero-order valence-corrected chi connectivity index (χ0v) is 20.5. The van der Waals surface area contributed by atoms with Crippen molar-refractivity contribution in [2.24, 2.45) is 0 Å². The molecule has 0 saturated carbocycles. The quantitative estimate of drug-likeness (QED) is 0.569. The van der Waals surface area contributed by atoms with Crippen LogP contribution in [-0.2, 0) is 26.2 Å². The fourth-order valence-corrected chi connectivity index (χ4v) is 4.32. The number of hydrogen-bond acceptors (Lipinski definition) is 4. The van der Waals surface area contributed by atoms with Crippen molar-refractivity contribution in [3.8, 4) is 0 Å². The van der Waals surface area contributed by atoms with Crippen LogP contribution in [0.25, 0.3) is 0 Å². The van der Waals surface area contributed by atoms with Gasteiger partial charge in [0.25, 0.3) is 0 Å². The van der Waals surface area contributed by atoms with Gasteiger partial charge >= 0.3 is 0 Å². The van der Waals surface area contributed by atoms with Crippen molar-refractivity contribution in [2.75, 3.05) is 17.1 Å². The highest BCUT2D eigenvalue weighted by Gasteiger charge is 2.32. The molecule has 2 rings (SSSR count). The molecule has 9 heteroatoms. The molecule has 0 fully saturated rings. The number of sulfonamides is 1. The number of nitrogens with zero attached hydrogens (tertiary/aromatic N) is 2. The van der Waals surface area contributed by atoms with E-state index in [0.29, 0.717) is 17.7 Å². The summed E-state index contributed by atoms with van der Waals surface area (Å²) in [5.41, 5.74) is 1.84. The van der Waals surface area contributed by atoms with Crippen LogP contribution in [0.5, 0.6) is 0 Å². The Morgan fingerprint density at radius 2 is 1.73 bits per heavy atom. The highest BCUT2D eigenvalue weighted by molar-refractivity contribution is 7.92. The van der Waals surface area contributed by atoms with Crippen LogP contribution in [0.1, 0.15) is 38.3 Å². The number of halogens is 1. The van der Waals surface area contributed by atoms with Crippen molar-refractivity contribution in [3.05, 3.63) is 65.5 Å². The number of amides is 2. The first-order chi connectivity index (χ1) is 15.4. The van der Waals surface area contributed by atoms with E-state index in [4.69, 9.17) is 0 Å². The van der Waals surface area contributed by atoms with Gasteiger partial charge in [-0.15, -0.1) is 0 Å². The number of carbonyl (C=O) groups excluding carboxylic acids is 2. The second-order valence-electron chi connectivity index (χ2n) is 8.34. The van der Waals surface area contributed by atoms with E-state index in [1.165, 1.54) is 29.2 Å². The molecule has 2 amide bonds. The largest absolute Gasteiger partial charge is 0.352 e. The van der Waals surface area contributed by atoms with Crippen LogP contribution in [0.3, 0.4) is 0 Å². The van der Waals surface area contributed by atoms with E-state index in [1.54, 1.807) is 25.1 Å². The van der Waals surface area contributed by atoms with Gasteiger partial charge in [0.1, 0.15) is 18.4 Å². The van der Waals surface area contributed by atoms with Crippen molar-refractivity contribution in [1.82, 2.24) is 10.2 Å². The Morgan fingerprint density at radius 1 is 1.09 bits per heavy atom. The van der Waals surface area contributed by atoms with Crippen LogP contribution in [-0.4, -0.2) is 50.0 Å². The van der Waals surface area contributed by atoms with Gasteiger partial charge in [0, 0.05) is 12.6 Å². The third-order valence-corrected chi connectivity index (χ3v) is 6.19. The van der Waals surface area contributed by atoms with E-state index in [0.717, 1.165) is 16.1 Å². The lowest BCUT2D eigenvalue weighted by Gasteiger charge is -2.33. The van der Waals surface area contributed by atoms with E-state index in [1.807, 2.05) is 26.8 Å². The molecule has 0 heterocycles. The first kappa shape index (κ1) is 26.3. The van der Waals surface area contributed by atoms with Crippen molar-refractivity contribution in [2.45, 2.75) is 52.7 Å². The minimum absolute atomic E-state index is 0.0363. The zero-order valence-electron chi connectivity index (χ0n) is 19.7. The van der Waals surface area contributed by atoms with Crippen molar-refractivity contribution < 1.29 is 22.4 Å². The Labute approximate surface area is 195 Å². The van der Waals surface area contributed by atoms with Crippen LogP contribution in [0, 0.1) is 12.7 Å². The Morgan fingerprint density at radius 3 is 2.24 bits per heavy atom. The topological polar surface area (TPSA) is 86.8 Å². The number of aryl methyl sites for hydroxylation is 1. The number of nitrogens with one attached hydrogen (secondary N) is 1. The number of carbonyl (C=O) groups is 2. The SMILES string of the molecule is CC[C@@H](C(=O)NC(C)C)N(Cc1ccc(F)cc1)C(=O)CN(c1cccc(C)c1)S(C)(=O)=O. The highest BCUT2D eigenvalue weighted by Crippen LogP contribution is 2.21. The van der Waals surface area contributed by atoms with E-state index < -0.39 is 34.3 Å². The molecule has 0 spiro atoms. The van der Waals surface area contributed by atoms with Gasteiger partial charge < -0.3 is 10.2 Å². The van der Waals surface area contributed by atoms with Gasteiger partial charge in [-0.1, -0.05) is 31.2 Å². The minimum atomic E-state index is -3.78. The molecule has 0 saturated heterocycles. The minimum Gasteiger partial charge on any atom is -0.352 e. The van der Waals surface area contributed by atoms with E-state index in [-0.39, 0.29) is 18.5 Å². The van der Waals surface area contributed by atoms with Crippen LogP contribution in [0.4, 0.5) is 10.1 Å². The summed E-state index contributed by atoms with van der Waals surface area (Å²) in [5.74, 6) is -1.27. The summed E-state index contributed by atoms with van der Waals surface area (Å²) in [6, 6.07) is 11.5. The van der Waals surface area contributed by atoms with E-state index in [2.05, 4.69) is 5.32 Å². The Balaban J connectivity index is 2.43. The summed E-state index contributed by atoms with van der Waals surface area (Å²) in [6.45, 7) is 6.82. The molecule has 2 aromatic rings. The molecule has 0 aliphatic rings. The second kappa shape index (κ2) is 11.3. The Bertz CT molecular complexity index is 1070. The predicted octanol–water partition coefficient (Wildman–Crippen LogP) is 3.23. The fraction of sp³-hybridized carbons (Fsp3) is 0.417. The Kier molecular flexibility index (Phi) is 8.99. The maximum atomic E-state index is 13.5. The molecule has 2 aromatic carbocycles. The molecule has 0 unspecified atom stereocenters. The monoisotopic (exact) mass is 477 g/mol. The van der Waals surface area contributed by atoms with E-state index in [9.17, 15) is 22.4 Å². The lowest BCUT2D eigenvalue weighted by molar-refractivity contribution is -0.140. The summed E-state index contributed by atoms with van der Waals surface area (Å²) in [6.07, 6.45) is 1.37. The van der Waals surface area contributed by atoms with Crippen LogP contribution >= 0.6 is 0 Å². The summed E-state index contributed by atoms with van der Waals surface area (Å²) in [5, 5.41) is 2.82. The number of hydrogen-bond donors (Lipinski definition) is 1. The number of rotatable bonds is 10. The molecule has 0 aliphatic heterocycles. The summed E-state index contributed by atoms with van der Waals surface area (Å²) < 4.78 is 39.5. The average Bonchev–Trinajstić information content (AvgIpc) is 2.71. The molecule has 7 nitrogen and oxygen atoms in total. The molecule has 180 valence electrons. The highest BCUT2D eigenvalue weighted by atomic mass is 32.2. The van der Waals surface area contributed by atoms with Gasteiger partial charge in [0.15, 0.2) is 0 Å². The van der Waals surface area contributed by atoms with Gasteiger partial charge in [0.05, 0.1) is 11.9 Å². The maximum absolute atomic E-state index is 13.5. The zero-order chi connectivity index (χ0) is 24.8. The van der Waals surface area contributed by atoms with Crippen molar-refractivity contribution in [3.63, 3.8) is 0 Å². The van der Waals surface area contributed by atoms with Crippen LogP contribution in [0.15, 0.2) is 48.5 Å². The summed E-state index contributed by atoms with van der Waals surface area (Å²) in [7, 11) is -3.78. The van der Waals surface area contributed by atoms with Gasteiger partial charge in [-0.2, -0.15) is 0 Å². The molecule has 33 heavy (non-hydrogen) atoms. The Hall–Kier alpha value is -2.94. The molecule has 0 radical (unpaired) electrons. The molecule has 1 N–H and O–H groups in total. The van der Waals surface area contributed by atoms with Gasteiger partial charge in [-0.05, 0) is 62.6 Å². The fourth-order valence-electron chi connectivity index (χ4n) is 3.48.